The fourth-order valence-electron chi connectivity index (χ4n) is 2.11. The van der Waals surface area contributed by atoms with E-state index in [2.05, 4.69) is 32.3 Å². The van der Waals surface area contributed by atoms with Gasteiger partial charge in [-0.3, -0.25) is 9.79 Å². The van der Waals surface area contributed by atoms with Crippen molar-refractivity contribution in [2.45, 2.75) is 13.1 Å². The van der Waals surface area contributed by atoms with Crippen molar-refractivity contribution in [3.05, 3.63) is 58.0 Å². The fourth-order valence-corrected chi connectivity index (χ4v) is 2.52. The zero-order chi connectivity index (χ0) is 16.8. The summed E-state index contributed by atoms with van der Waals surface area (Å²) in [5, 5.41) is 3.19. The van der Waals surface area contributed by atoms with Gasteiger partial charge in [0.1, 0.15) is 5.76 Å². The van der Waals surface area contributed by atoms with Crippen molar-refractivity contribution in [1.29, 1.82) is 0 Å². The molecule has 8 heteroatoms. The minimum atomic E-state index is -0.577. The number of amides is 1. The number of carbonyl (C=O) groups excluding carboxylic acids is 1. The maximum absolute atomic E-state index is 11.0. The summed E-state index contributed by atoms with van der Waals surface area (Å²) in [5.41, 5.74) is 6.33. The maximum atomic E-state index is 11.0. The van der Waals surface area contributed by atoms with Crippen LogP contribution in [0.4, 0.5) is 0 Å². The molecule has 0 aliphatic carbocycles. The van der Waals surface area contributed by atoms with E-state index in [1.807, 2.05) is 30.1 Å². The molecule has 0 atom stereocenters. The van der Waals surface area contributed by atoms with Crippen molar-refractivity contribution < 1.29 is 9.21 Å². The predicted octanol–water partition coefficient (Wildman–Crippen LogP) is 2.97. The van der Waals surface area contributed by atoms with Crippen LogP contribution in [0.2, 0.25) is 0 Å². The molecule has 0 bridgehead atoms. The molecule has 0 unspecified atom stereocenters. The van der Waals surface area contributed by atoms with Crippen LogP contribution in [0.3, 0.4) is 0 Å². The lowest BCUT2D eigenvalue weighted by Crippen LogP contribution is -2.38. The van der Waals surface area contributed by atoms with Crippen LogP contribution in [0.15, 0.2) is 50.3 Å². The van der Waals surface area contributed by atoms with Gasteiger partial charge in [-0.05, 0) is 23.8 Å². The summed E-state index contributed by atoms with van der Waals surface area (Å²) in [7, 11) is 3.67. The number of benzene rings is 1. The van der Waals surface area contributed by atoms with Crippen molar-refractivity contribution >= 4 is 51.8 Å². The van der Waals surface area contributed by atoms with Gasteiger partial charge in [0, 0.05) is 25.1 Å². The topological polar surface area (TPSA) is 83.9 Å². The van der Waals surface area contributed by atoms with E-state index in [-0.39, 0.29) is 29.7 Å². The van der Waals surface area contributed by atoms with E-state index in [0.29, 0.717) is 18.8 Å². The number of nitrogens with two attached hydrogens (primary N) is 1. The summed E-state index contributed by atoms with van der Waals surface area (Å²) in [6, 6.07) is 11.3. The molecule has 2 aromatic rings. The molecule has 0 saturated heterocycles. The third kappa shape index (κ3) is 5.52. The van der Waals surface area contributed by atoms with Crippen LogP contribution >= 0.6 is 39.9 Å². The molecule has 0 aliphatic heterocycles. The lowest BCUT2D eigenvalue weighted by Gasteiger charge is -2.22. The van der Waals surface area contributed by atoms with Gasteiger partial charge in [-0.15, -0.1) is 24.0 Å². The molecule has 0 saturated carbocycles. The first-order valence-electron chi connectivity index (χ1n) is 7.05. The second-order valence-corrected chi connectivity index (χ2v) is 5.83. The Labute approximate surface area is 166 Å². The Bertz CT molecular complexity index is 718. The van der Waals surface area contributed by atoms with Crippen LogP contribution in [0, 0.1) is 0 Å². The SMILES string of the molecule is CN=C(NCc1ccc(C(N)=O)o1)N(C)Cc1ccccc1Br.I. The quantitative estimate of drug-likeness (QED) is 0.371. The zero-order valence-corrected chi connectivity index (χ0v) is 17.4. The Morgan fingerprint density at radius 3 is 2.62 bits per heavy atom. The number of guanidine groups is 1. The number of hydrogen-bond acceptors (Lipinski definition) is 3. The number of furan rings is 1. The zero-order valence-electron chi connectivity index (χ0n) is 13.5. The summed E-state index contributed by atoms with van der Waals surface area (Å²) >= 11 is 3.54. The van der Waals surface area contributed by atoms with E-state index in [1.165, 1.54) is 0 Å². The van der Waals surface area contributed by atoms with Gasteiger partial charge in [0.15, 0.2) is 11.7 Å². The van der Waals surface area contributed by atoms with Gasteiger partial charge in [-0.25, -0.2) is 0 Å². The number of aliphatic imine (C=N–C) groups is 1. The molecule has 1 amide bonds. The molecule has 130 valence electrons. The predicted molar refractivity (Wildman–Crippen MR) is 108 cm³/mol. The van der Waals surface area contributed by atoms with E-state index < -0.39 is 5.91 Å². The van der Waals surface area contributed by atoms with Crippen LogP contribution in [-0.4, -0.2) is 30.9 Å². The smallest absolute Gasteiger partial charge is 0.284 e. The van der Waals surface area contributed by atoms with E-state index in [0.717, 1.165) is 16.0 Å². The molecule has 3 N–H and O–H groups in total. The van der Waals surface area contributed by atoms with Gasteiger partial charge >= 0.3 is 0 Å². The number of nitrogens with one attached hydrogen (secondary N) is 1. The van der Waals surface area contributed by atoms with Crippen molar-refractivity contribution in [2.75, 3.05) is 14.1 Å². The normalized spacial score (nSPS) is 10.9. The van der Waals surface area contributed by atoms with Gasteiger partial charge < -0.3 is 20.4 Å². The molecule has 0 aliphatic rings. The number of halogens is 2. The van der Waals surface area contributed by atoms with Crippen molar-refractivity contribution in [1.82, 2.24) is 10.2 Å². The van der Waals surface area contributed by atoms with Crippen LogP contribution in [0.5, 0.6) is 0 Å². The molecule has 6 nitrogen and oxygen atoms in total. The highest BCUT2D eigenvalue weighted by atomic mass is 127. The van der Waals surface area contributed by atoms with Crippen molar-refractivity contribution in [2.24, 2.45) is 10.7 Å². The van der Waals surface area contributed by atoms with Crippen LogP contribution in [0.25, 0.3) is 0 Å². The summed E-state index contributed by atoms with van der Waals surface area (Å²) in [6.07, 6.45) is 0. The Hall–Kier alpha value is -1.55. The second kappa shape index (κ2) is 9.67. The molecule has 0 spiro atoms. The highest BCUT2D eigenvalue weighted by Crippen LogP contribution is 2.17. The van der Waals surface area contributed by atoms with Gasteiger partial charge in [0.2, 0.25) is 0 Å². The van der Waals surface area contributed by atoms with E-state index in [1.54, 1.807) is 19.2 Å². The Balaban J connectivity index is 0.00000288. The number of carbonyl (C=O) groups is 1. The highest BCUT2D eigenvalue weighted by Gasteiger charge is 2.11. The van der Waals surface area contributed by atoms with Crippen molar-refractivity contribution in [3.8, 4) is 0 Å². The summed E-state index contributed by atoms with van der Waals surface area (Å²) in [4.78, 5) is 17.3. The molecular formula is C16H20BrIN4O2. The van der Waals surface area contributed by atoms with E-state index >= 15 is 0 Å². The standard InChI is InChI=1S/C16H19BrN4O2.HI/c1-19-16(20-9-12-7-8-14(23-12)15(18)22)21(2)10-11-5-3-4-6-13(11)17;/h3-8H,9-10H2,1-2H3,(H2,18,22)(H,19,20);1H. The molecule has 24 heavy (non-hydrogen) atoms. The van der Waals surface area contributed by atoms with Crippen LogP contribution in [-0.2, 0) is 13.1 Å². The van der Waals surface area contributed by atoms with Gasteiger partial charge in [0.25, 0.3) is 5.91 Å². The Morgan fingerprint density at radius 2 is 2.04 bits per heavy atom. The second-order valence-electron chi connectivity index (χ2n) is 4.98. The first-order chi connectivity index (χ1) is 11.0. The molecule has 0 radical (unpaired) electrons. The van der Waals surface area contributed by atoms with E-state index in [9.17, 15) is 4.79 Å². The number of hydrogen-bond donors (Lipinski definition) is 2. The molecular weight excluding hydrogens is 487 g/mol. The molecule has 2 rings (SSSR count). The average Bonchev–Trinajstić information content (AvgIpc) is 2.99. The number of nitrogens with zero attached hydrogens (tertiary/aromatic N) is 2. The lowest BCUT2D eigenvalue weighted by molar-refractivity contribution is 0.0972. The summed E-state index contributed by atoms with van der Waals surface area (Å²) in [6.45, 7) is 1.12. The van der Waals surface area contributed by atoms with Crippen molar-refractivity contribution in [3.63, 3.8) is 0 Å². The van der Waals surface area contributed by atoms with Gasteiger partial charge in [0.05, 0.1) is 6.54 Å². The lowest BCUT2D eigenvalue weighted by atomic mass is 10.2. The molecule has 1 aromatic heterocycles. The van der Waals surface area contributed by atoms with E-state index in [4.69, 9.17) is 10.2 Å². The van der Waals surface area contributed by atoms with Gasteiger partial charge in [-0.2, -0.15) is 0 Å². The third-order valence-corrected chi connectivity index (χ3v) is 4.04. The van der Waals surface area contributed by atoms with Gasteiger partial charge in [-0.1, -0.05) is 34.1 Å². The first kappa shape index (κ1) is 20.5. The first-order valence-corrected chi connectivity index (χ1v) is 7.84. The number of rotatable bonds is 5. The summed E-state index contributed by atoms with van der Waals surface area (Å²) < 4.78 is 6.39. The summed E-state index contributed by atoms with van der Waals surface area (Å²) in [5.74, 6) is 0.914. The Morgan fingerprint density at radius 1 is 1.33 bits per heavy atom. The Kier molecular flexibility index (Phi) is 8.26. The third-order valence-electron chi connectivity index (χ3n) is 3.26. The maximum Gasteiger partial charge on any atom is 0.284 e. The molecule has 1 aromatic carbocycles. The fraction of sp³-hybridized carbons (Fsp3) is 0.250. The number of primary amides is 1. The molecule has 0 fully saturated rings. The largest absolute Gasteiger partial charge is 0.454 e. The average molecular weight is 507 g/mol. The van der Waals surface area contributed by atoms with Crippen LogP contribution in [0.1, 0.15) is 21.9 Å². The minimum absolute atomic E-state index is 0. The van der Waals surface area contributed by atoms with Crippen LogP contribution < -0.4 is 11.1 Å². The minimum Gasteiger partial charge on any atom is -0.454 e. The molecule has 1 heterocycles. The highest BCUT2D eigenvalue weighted by molar-refractivity contribution is 14.0. The monoisotopic (exact) mass is 506 g/mol.